The van der Waals surface area contributed by atoms with E-state index in [0.717, 1.165) is 22.3 Å². The second-order valence-corrected chi connectivity index (χ2v) is 7.35. The standard InChI is InChI=1S/C28H24O/c1-22(29)28(25-18-10-4-11-19-25,26-20-12-5-13-21-26)27(23-14-6-2-7-15-23)24-16-8-3-9-17-24/h2-21,27H,1H3. The SMILES string of the molecule is CC(=O)C(c1ccccc1)(c1ccccc1)C(c1ccccc1)c1ccccc1. The fourth-order valence-electron chi connectivity index (χ4n) is 4.50. The Morgan fingerprint density at radius 1 is 0.552 bits per heavy atom. The maximum Gasteiger partial charge on any atom is 0.145 e. The summed E-state index contributed by atoms with van der Waals surface area (Å²) in [6.45, 7) is 1.72. The van der Waals surface area contributed by atoms with Gasteiger partial charge in [-0.15, -0.1) is 0 Å². The molecule has 0 saturated carbocycles. The Bertz CT molecular complexity index is 975. The Morgan fingerprint density at radius 3 is 1.17 bits per heavy atom. The van der Waals surface area contributed by atoms with Crippen LogP contribution in [-0.4, -0.2) is 5.78 Å². The molecule has 0 N–H and O–H groups in total. The second kappa shape index (κ2) is 8.28. The molecule has 4 aromatic carbocycles. The Hall–Kier alpha value is -3.45. The third-order valence-electron chi connectivity index (χ3n) is 5.71. The molecule has 1 heteroatoms. The van der Waals surface area contributed by atoms with Gasteiger partial charge in [0.1, 0.15) is 5.78 Å². The van der Waals surface area contributed by atoms with Crippen molar-refractivity contribution >= 4 is 5.78 Å². The lowest BCUT2D eigenvalue weighted by atomic mass is 9.59. The molecular weight excluding hydrogens is 352 g/mol. The Balaban J connectivity index is 2.11. The number of Topliss-reactive ketones (excluding diaryl/α,β-unsaturated/α-hetero) is 1. The molecule has 1 nitrogen and oxygen atoms in total. The number of carbonyl (C=O) groups excluding carboxylic acids is 1. The molecule has 0 aliphatic rings. The van der Waals surface area contributed by atoms with Crippen molar-refractivity contribution in [3.63, 3.8) is 0 Å². The summed E-state index contributed by atoms with van der Waals surface area (Å²) in [6.07, 6.45) is 0. The number of benzene rings is 4. The van der Waals surface area contributed by atoms with E-state index < -0.39 is 5.41 Å². The molecular formula is C28H24O. The first-order valence-electron chi connectivity index (χ1n) is 9.96. The zero-order valence-electron chi connectivity index (χ0n) is 16.5. The molecule has 0 bridgehead atoms. The summed E-state index contributed by atoms with van der Waals surface area (Å²) in [5.74, 6) is -0.0141. The van der Waals surface area contributed by atoms with E-state index >= 15 is 0 Å². The van der Waals surface area contributed by atoms with E-state index in [9.17, 15) is 4.79 Å². The van der Waals surface area contributed by atoms with Crippen LogP contribution in [0.25, 0.3) is 0 Å². The Morgan fingerprint density at radius 2 is 0.862 bits per heavy atom. The molecule has 0 aromatic heterocycles. The third-order valence-corrected chi connectivity index (χ3v) is 5.71. The minimum atomic E-state index is -0.828. The van der Waals surface area contributed by atoms with Gasteiger partial charge in [-0.05, 0) is 29.2 Å². The first-order chi connectivity index (χ1) is 14.2. The van der Waals surface area contributed by atoms with Crippen molar-refractivity contribution < 1.29 is 4.79 Å². The summed E-state index contributed by atoms with van der Waals surface area (Å²) >= 11 is 0. The van der Waals surface area contributed by atoms with E-state index in [1.54, 1.807) is 6.92 Å². The molecule has 0 aliphatic heterocycles. The van der Waals surface area contributed by atoms with Gasteiger partial charge in [-0.2, -0.15) is 0 Å². The first kappa shape index (κ1) is 18.9. The lowest BCUT2D eigenvalue weighted by molar-refractivity contribution is -0.121. The van der Waals surface area contributed by atoms with Crippen molar-refractivity contribution in [2.24, 2.45) is 0 Å². The molecule has 0 atom stereocenters. The fraction of sp³-hybridized carbons (Fsp3) is 0.107. The van der Waals surface area contributed by atoms with E-state index in [1.807, 2.05) is 72.8 Å². The van der Waals surface area contributed by atoms with Crippen LogP contribution >= 0.6 is 0 Å². The van der Waals surface area contributed by atoms with Gasteiger partial charge in [0, 0.05) is 5.92 Å². The van der Waals surface area contributed by atoms with Crippen LogP contribution in [0.2, 0.25) is 0 Å². The smallest absolute Gasteiger partial charge is 0.145 e. The van der Waals surface area contributed by atoms with E-state index in [4.69, 9.17) is 0 Å². The molecule has 0 amide bonds. The lowest BCUT2D eigenvalue weighted by Crippen LogP contribution is -2.42. The molecule has 0 heterocycles. The van der Waals surface area contributed by atoms with Gasteiger partial charge in [-0.1, -0.05) is 121 Å². The number of hydrogen-bond acceptors (Lipinski definition) is 1. The predicted octanol–water partition coefficient (Wildman–Crippen LogP) is 6.39. The maximum absolute atomic E-state index is 13.7. The van der Waals surface area contributed by atoms with E-state index in [-0.39, 0.29) is 11.7 Å². The zero-order chi connectivity index (χ0) is 20.1. The summed E-state index contributed by atoms with van der Waals surface area (Å²) < 4.78 is 0. The van der Waals surface area contributed by atoms with Gasteiger partial charge in [0.05, 0.1) is 5.41 Å². The average molecular weight is 376 g/mol. The van der Waals surface area contributed by atoms with Crippen LogP contribution in [0.3, 0.4) is 0 Å². The molecule has 29 heavy (non-hydrogen) atoms. The molecule has 142 valence electrons. The quantitative estimate of drug-likeness (QED) is 0.381. The Kier molecular flexibility index (Phi) is 5.39. The number of hydrogen-bond donors (Lipinski definition) is 0. The third kappa shape index (κ3) is 3.40. The first-order valence-corrected chi connectivity index (χ1v) is 9.96. The van der Waals surface area contributed by atoms with Gasteiger partial charge in [-0.3, -0.25) is 4.79 Å². The maximum atomic E-state index is 13.7. The van der Waals surface area contributed by atoms with Gasteiger partial charge in [0.2, 0.25) is 0 Å². The van der Waals surface area contributed by atoms with Crippen molar-refractivity contribution in [3.8, 4) is 0 Å². The molecule has 0 spiro atoms. The van der Waals surface area contributed by atoms with Crippen molar-refractivity contribution in [2.45, 2.75) is 18.3 Å². The summed E-state index contributed by atoms with van der Waals surface area (Å²) in [5.41, 5.74) is 3.45. The van der Waals surface area contributed by atoms with Crippen molar-refractivity contribution in [1.82, 2.24) is 0 Å². The van der Waals surface area contributed by atoms with Gasteiger partial charge in [0.15, 0.2) is 0 Å². The zero-order valence-corrected chi connectivity index (χ0v) is 16.5. The van der Waals surface area contributed by atoms with Gasteiger partial charge in [0.25, 0.3) is 0 Å². The molecule has 0 aliphatic carbocycles. The normalized spacial score (nSPS) is 11.4. The van der Waals surface area contributed by atoms with Crippen LogP contribution in [0.4, 0.5) is 0 Å². The summed E-state index contributed by atoms with van der Waals surface area (Å²) in [5, 5.41) is 0. The molecule has 0 fully saturated rings. The summed E-state index contributed by atoms with van der Waals surface area (Å²) in [6, 6.07) is 41.1. The van der Waals surface area contributed by atoms with E-state index in [0.29, 0.717) is 0 Å². The largest absolute Gasteiger partial charge is 0.299 e. The highest BCUT2D eigenvalue weighted by molar-refractivity contribution is 5.94. The van der Waals surface area contributed by atoms with Crippen LogP contribution in [-0.2, 0) is 10.2 Å². The fourth-order valence-corrected chi connectivity index (χ4v) is 4.50. The highest BCUT2D eigenvalue weighted by atomic mass is 16.1. The summed E-state index contributed by atoms with van der Waals surface area (Å²) in [4.78, 5) is 13.7. The monoisotopic (exact) mass is 376 g/mol. The minimum Gasteiger partial charge on any atom is -0.299 e. The van der Waals surface area contributed by atoms with Gasteiger partial charge < -0.3 is 0 Å². The Labute approximate surface area is 172 Å². The minimum absolute atomic E-state index is 0.132. The van der Waals surface area contributed by atoms with E-state index in [2.05, 4.69) is 48.5 Å². The molecule has 0 saturated heterocycles. The van der Waals surface area contributed by atoms with E-state index in [1.165, 1.54) is 0 Å². The topological polar surface area (TPSA) is 17.1 Å². The van der Waals surface area contributed by atoms with Crippen molar-refractivity contribution in [2.75, 3.05) is 0 Å². The predicted molar refractivity (Wildman–Crippen MR) is 119 cm³/mol. The van der Waals surface area contributed by atoms with Gasteiger partial charge in [-0.25, -0.2) is 0 Å². The van der Waals surface area contributed by atoms with Crippen LogP contribution in [0.15, 0.2) is 121 Å². The number of carbonyl (C=O) groups is 1. The highest BCUT2D eigenvalue weighted by Gasteiger charge is 2.47. The average Bonchev–Trinajstić information content (AvgIpc) is 2.79. The van der Waals surface area contributed by atoms with Crippen molar-refractivity contribution in [3.05, 3.63) is 144 Å². The van der Waals surface area contributed by atoms with Crippen LogP contribution in [0.5, 0.6) is 0 Å². The number of ketones is 1. The van der Waals surface area contributed by atoms with Crippen molar-refractivity contribution in [1.29, 1.82) is 0 Å². The number of rotatable bonds is 6. The van der Waals surface area contributed by atoms with Crippen LogP contribution in [0, 0.1) is 0 Å². The van der Waals surface area contributed by atoms with Gasteiger partial charge >= 0.3 is 0 Å². The molecule has 4 aromatic rings. The summed E-state index contributed by atoms with van der Waals surface area (Å²) in [7, 11) is 0. The van der Waals surface area contributed by atoms with Crippen LogP contribution in [0.1, 0.15) is 35.1 Å². The molecule has 0 radical (unpaired) electrons. The van der Waals surface area contributed by atoms with Crippen LogP contribution < -0.4 is 0 Å². The molecule has 4 rings (SSSR count). The second-order valence-electron chi connectivity index (χ2n) is 7.35. The highest BCUT2D eigenvalue weighted by Crippen LogP contribution is 2.48. The molecule has 0 unspecified atom stereocenters. The lowest BCUT2D eigenvalue weighted by Gasteiger charge is -2.41.